The highest BCUT2D eigenvalue weighted by Crippen LogP contribution is 2.33. The predicted molar refractivity (Wildman–Crippen MR) is 88.5 cm³/mol. The van der Waals surface area contributed by atoms with Gasteiger partial charge in [-0.1, -0.05) is 39.7 Å². The van der Waals surface area contributed by atoms with E-state index in [9.17, 15) is 5.11 Å². The molecule has 2 rings (SSSR count). The van der Waals surface area contributed by atoms with Crippen molar-refractivity contribution in [3.63, 3.8) is 0 Å². The smallest absolute Gasteiger partial charge is 0.119 e. The van der Waals surface area contributed by atoms with Gasteiger partial charge < -0.3 is 9.84 Å². The van der Waals surface area contributed by atoms with Crippen LogP contribution < -0.4 is 4.74 Å². The van der Waals surface area contributed by atoms with Gasteiger partial charge in [-0.05, 0) is 45.8 Å². The van der Waals surface area contributed by atoms with Crippen molar-refractivity contribution < 1.29 is 9.84 Å². The van der Waals surface area contributed by atoms with E-state index < -0.39 is 6.10 Å². The van der Waals surface area contributed by atoms with Crippen molar-refractivity contribution in [2.45, 2.75) is 12.5 Å². The molecular weight excluding hydrogens is 407 g/mol. The van der Waals surface area contributed by atoms with E-state index in [4.69, 9.17) is 16.3 Å². The Labute approximate surface area is 140 Å². The Morgan fingerprint density at radius 2 is 1.95 bits per heavy atom. The van der Waals surface area contributed by atoms with Gasteiger partial charge in [-0.15, -0.1) is 0 Å². The molecule has 2 nitrogen and oxygen atoms in total. The van der Waals surface area contributed by atoms with Crippen molar-refractivity contribution in [3.8, 4) is 5.75 Å². The molecule has 0 aromatic heterocycles. The van der Waals surface area contributed by atoms with Crippen molar-refractivity contribution in [2.24, 2.45) is 0 Å². The molecule has 0 radical (unpaired) electrons. The lowest BCUT2D eigenvalue weighted by molar-refractivity contribution is 0.178. The van der Waals surface area contributed by atoms with Gasteiger partial charge in [0.25, 0.3) is 0 Å². The summed E-state index contributed by atoms with van der Waals surface area (Å²) in [6.07, 6.45) is -0.225. The third kappa shape index (κ3) is 3.55. The monoisotopic (exact) mass is 418 g/mol. The molecule has 0 saturated carbocycles. The normalized spacial score (nSPS) is 12.2. The number of aliphatic hydroxyl groups excluding tert-OH is 1. The van der Waals surface area contributed by atoms with Crippen LogP contribution in [0.2, 0.25) is 5.02 Å². The molecule has 0 fully saturated rings. The minimum absolute atomic E-state index is 0.452. The van der Waals surface area contributed by atoms with Crippen LogP contribution in [0.25, 0.3) is 0 Å². The van der Waals surface area contributed by atoms with E-state index in [2.05, 4.69) is 31.9 Å². The molecule has 0 heterocycles. The first-order valence-corrected chi connectivity index (χ1v) is 7.93. The van der Waals surface area contributed by atoms with Crippen molar-refractivity contribution in [2.75, 3.05) is 7.11 Å². The Morgan fingerprint density at radius 1 is 1.20 bits per heavy atom. The van der Waals surface area contributed by atoms with E-state index in [-0.39, 0.29) is 0 Å². The number of hydrogen-bond donors (Lipinski definition) is 1. The van der Waals surface area contributed by atoms with E-state index in [1.54, 1.807) is 7.11 Å². The topological polar surface area (TPSA) is 29.5 Å². The summed E-state index contributed by atoms with van der Waals surface area (Å²) in [7, 11) is 1.62. The highest BCUT2D eigenvalue weighted by Gasteiger charge is 2.15. The highest BCUT2D eigenvalue weighted by molar-refractivity contribution is 9.10. The van der Waals surface area contributed by atoms with Crippen LogP contribution in [0, 0.1) is 0 Å². The molecule has 1 atom stereocenters. The average molecular weight is 421 g/mol. The van der Waals surface area contributed by atoms with Gasteiger partial charge in [-0.2, -0.15) is 0 Å². The second kappa shape index (κ2) is 6.94. The molecular formula is C15H13Br2ClO2. The molecule has 1 N–H and O–H groups in total. The summed E-state index contributed by atoms with van der Waals surface area (Å²) in [5.74, 6) is 0.760. The molecule has 20 heavy (non-hydrogen) atoms. The Hall–Kier alpha value is -0.550. The molecule has 106 valence electrons. The maximum Gasteiger partial charge on any atom is 0.119 e. The fourth-order valence-corrected chi connectivity index (χ4v) is 2.97. The van der Waals surface area contributed by atoms with Crippen LogP contribution in [0.4, 0.5) is 0 Å². The third-order valence-corrected chi connectivity index (χ3v) is 5.09. The summed E-state index contributed by atoms with van der Waals surface area (Å²) < 4.78 is 6.92. The van der Waals surface area contributed by atoms with Crippen LogP contribution in [0.3, 0.4) is 0 Å². The van der Waals surface area contributed by atoms with Gasteiger partial charge in [-0.3, -0.25) is 0 Å². The van der Waals surface area contributed by atoms with Crippen LogP contribution in [0.15, 0.2) is 45.3 Å². The van der Waals surface area contributed by atoms with Gasteiger partial charge in [0, 0.05) is 20.9 Å². The Balaban J connectivity index is 2.27. The largest absolute Gasteiger partial charge is 0.497 e. The number of rotatable bonds is 4. The predicted octanol–water partition coefficient (Wildman–Crippen LogP) is 5.15. The summed E-state index contributed by atoms with van der Waals surface area (Å²) in [5.41, 5.74) is 1.67. The number of hydrogen-bond acceptors (Lipinski definition) is 2. The number of aliphatic hydroxyl groups is 1. The van der Waals surface area contributed by atoms with E-state index in [0.29, 0.717) is 17.0 Å². The fraction of sp³-hybridized carbons (Fsp3) is 0.200. The lowest BCUT2D eigenvalue weighted by Crippen LogP contribution is -2.03. The Morgan fingerprint density at radius 3 is 2.65 bits per heavy atom. The lowest BCUT2D eigenvalue weighted by Gasteiger charge is -2.15. The van der Waals surface area contributed by atoms with Crippen molar-refractivity contribution in [3.05, 3.63) is 61.5 Å². The summed E-state index contributed by atoms with van der Waals surface area (Å²) in [6, 6.07) is 11.2. The SMILES string of the molecule is COc1ccc(Br)c(CC(O)c2cccc(Br)c2Cl)c1. The van der Waals surface area contributed by atoms with Gasteiger partial charge in [0.05, 0.1) is 18.2 Å². The minimum Gasteiger partial charge on any atom is -0.497 e. The van der Waals surface area contributed by atoms with E-state index in [1.807, 2.05) is 36.4 Å². The van der Waals surface area contributed by atoms with Crippen LogP contribution >= 0.6 is 43.5 Å². The maximum atomic E-state index is 10.4. The second-order valence-electron chi connectivity index (χ2n) is 4.32. The third-order valence-electron chi connectivity index (χ3n) is 3.01. The summed E-state index contributed by atoms with van der Waals surface area (Å²) >= 11 is 13.1. The Bertz CT molecular complexity index is 617. The van der Waals surface area contributed by atoms with Crippen molar-refractivity contribution >= 4 is 43.5 Å². The summed E-state index contributed by atoms with van der Waals surface area (Å²) in [6.45, 7) is 0. The van der Waals surface area contributed by atoms with Crippen molar-refractivity contribution in [1.82, 2.24) is 0 Å². The van der Waals surface area contributed by atoms with Crippen LogP contribution in [0.1, 0.15) is 17.2 Å². The molecule has 2 aromatic carbocycles. The van der Waals surface area contributed by atoms with Gasteiger partial charge >= 0.3 is 0 Å². The number of methoxy groups -OCH3 is 1. The highest BCUT2D eigenvalue weighted by atomic mass is 79.9. The second-order valence-corrected chi connectivity index (χ2v) is 6.41. The van der Waals surface area contributed by atoms with E-state index in [0.717, 1.165) is 20.3 Å². The van der Waals surface area contributed by atoms with Crippen LogP contribution in [0.5, 0.6) is 5.75 Å². The first-order chi connectivity index (χ1) is 9.52. The van der Waals surface area contributed by atoms with Crippen LogP contribution in [-0.4, -0.2) is 12.2 Å². The quantitative estimate of drug-likeness (QED) is 0.741. The van der Waals surface area contributed by atoms with Crippen molar-refractivity contribution in [1.29, 1.82) is 0 Å². The molecule has 0 spiro atoms. The average Bonchev–Trinajstić information content (AvgIpc) is 2.44. The minimum atomic E-state index is -0.677. The molecule has 5 heteroatoms. The zero-order valence-corrected chi connectivity index (χ0v) is 14.7. The zero-order valence-electron chi connectivity index (χ0n) is 10.7. The molecule has 0 bridgehead atoms. The molecule has 0 saturated heterocycles. The molecule has 0 aliphatic heterocycles. The van der Waals surface area contributed by atoms with Crippen LogP contribution in [-0.2, 0) is 6.42 Å². The molecule has 2 aromatic rings. The molecule has 0 aliphatic carbocycles. The molecule has 0 aliphatic rings. The van der Waals surface area contributed by atoms with Gasteiger partial charge in [0.1, 0.15) is 5.75 Å². The molecule has 1 unspecified atom stereocenters. The fourth-order valence-electron chi connectivity index (χ4n) is 1.93. The number of ether oxygens (including phenoxy) is 1. The maximum absolute atomic E-state index is 10.4. The Kier molecular flexibility index (Phi) is 5.49. The first-order valence-electron chi connectivity index (χ1n) is 5.97. The van der Waals surface area contributed by atoms with Gasteiger partial charge in [0.2, 0.25) is 0 Å². The summed E-state index contributed by atoms with van der Waals surface area (Å²) in [5, 5.41) is 10.9. The number of benzene rings is 2. The number of halogens is 3. The van der Waals surface area contributed by atoms with Gasteiger partial charge in [-0.25, -0.2) is 0 Å². The first kappa shape index (κ1) is 15.8. The summed E-state index contributed by atoms with van der Waals surface area (Å²) in [4.78, 5) is 0. The molecule has 0 amide bonds. The lowest BCUT2D eigenvalue weighted by atomic mass is 10.0. The van der Waals surface area contributed by atoms with E-state index >= 15 is 0 Å². The standard InChI is InChI=1S/C15H13Br2ClO2/c1-20-10-5-6-12(16)9(7-10)8-14(19)11-3-2-4-13(17)15(11)18/h2-7,14,19H,8H2,1H3. The van der Waals surface area contributed by atoms with Gasteiger partial charge in [0.15, 0.2) is 0 Å². The van der Waals surface area contributed by atoms with E-state index in [1.165, 1.54) is 0 Å². The zero-order chi connectivity index (χ0) is 14.7.